The number of carbonyl (C=O) groups excluding carboxylic acids is 4. The van der Waals surface area contributed by atoms with Crippen molar-refractivity contribution in [3.05, 3.63) is 84.5 Å². The SMILES string of the molecule is CC[C@@H](CO)N1C(=O)[C@H]2[C@@H]3C(=O)N[C@@H](c4ccccc4)COC(=O)CC/C=C\[C@@H]3O[C@]23C=CCN(c2ccc(N(CC)CC)cc2)C(=O)[C@H]13. The third kappa shape index (κ3) is 6.25. The first-order valence-electron chi connectivity index (χ1n) is 17.4. The Morgan fingerprint density at radius 2 is 1.71 bits per heavy atom. The van der Waals surface area contributed by atoms with Gasteiger partial charge in [0.25, 0.3) is 5.91 Å². The molecule has 2 N–H and O–H groups in total. The number of esters is 1. The Balaban J connectivity index is 1.42. The van der Waals surface area contributed by atoms with Crippen molar-refractivity contribution in [3.63, 3.8) is 0 Å². The Bertz CT molecular complexity index is 1590. The standard InChI is InChI=1S/C38H46N4O7/c1-4-26(23-43)42-34-37(47)41(28-19-17-27(18-20-28)40(5-2)6-3)22-12-21-38(34)33(36(42)46)32-30(49-38)15-10-11-16-31(44)48-24-29(39-35(32)45)25-13-8-7-9-14-25/h7-10,12-15,17-21,26,29-30,32-34,43H,4-6,11,16,22-24H2,1-3H3,(H,39,45)/b15-10-/t26-,29+,30-,32+,33+,34-,38+/m0/s1. The fraction of sp³-hybridized carbons (Fsp3) is 0.474. The van der Waals surface area contributed by atoms with Gasteiger partial charge in [-0.3, -0.25) is 19.2 Å². The molecule has 2 aromatic rings. The van der Waals surface area contributed by atoms with Gasteiger partial charge in [-0.25, -0.2) is 0 Å². The molecule has 4 heterocycles. The highest BCUT2D eigenvalue weighted by Crippen LogP contribution is 2.53. The third-order valence-electron chi connectivity index (χ3n) is 10.4. The molecule has 1 spiro atoms. The maximum absolute atomic E-state index is 14.8. The summed E-state index contributed by atoms with van der Waals surface area (Å²) in [6, 6.07) is 14.6. The lowest BCUT2D eigenvalue weighted by Crippen LogP contribution is -2.58. The fourth-order valence-corrected chi connectivity index (χ4v) is 7.85. The van der Waals surface area contributed by atoms with Gasteiger partial charge in [-0.15, -0.1) is 0 Å². The van der Waals surface area contributed by atoms with Crippen LogP contribution in [0.15, 0.2) is 78.9 Å². The zero-order valence-corrected chi connectivity index (χ0v) is 28.4. The van der Waals surface area contributed by atoms with E-state index in [4.69, 9.17) is 9.47 Å². The number of amides is 3. The third-order valence-corrected chi connectivity index (χ3v) is 10.4. The molecule has 4 aliphatic heterocycles. The largest absolute Gasteiger partial charge is 0.463 e. The van der Waals surface area contributed by atoms with Gasteiger partial charge in [-0.05, 0) is 56.5 Å². The molecule has 2 fully saturated rings. The molecule has 11 nitrogen and oxygen atoms in total. The van der Waals surface area contributed by atoms with Crippen LogP contribution in [0, 0.1) is 11.8 Å². The van der Waals surface area contributed by atoms with Crippen molar-refractivity contribution >= 4 is 35.1 Å². The van der Waals surface area contributed by atoms with Crippen molar-refractivity contribution in [3.8, 4) is 0 Å². The molecule has 0 bridgehead atoms. The first kappa shape index (κ1) is 34.4. The number of benzene rings is 2. The van der Waals surface area contributed by atoms with E-state index in [0.29, 0.717) is 18.5 Å². The van der Waals surface area contributed by atoms with Gasteiger partial charge >= 0.3 is 5.97 Å². The number of hydrogen-bond donors (Lipinski definition) is 2. The predicted octanol–water partition coefficient (Wildman–Crippen LogP) is 3.54. The van der Waals surface area contributed by atoms with Crippen LogP contribution >= 0.6 is 0 Å². The van der Waals surface area contributed by atoms with Gasteiger partial charge in [0.1, 0.15) is 18.2 Å². The molecule has 49 heavy (non-hydrogen) atoms. The number of carbonyl (C=O) groups is 4. The summed E-state index contributed by atoms with van der Waals surface area (Å²) < 4.78 is 12.4. The number of cyclic esters (lactones) is 1. The molecule has 2 aromatic carbocycles. The quantitative estimate of drug-likeness (QED) is 0.323. The van der Waals surface area contributed by atoms with Gasteiger partial charge in [0.15, 0.2) is 0 Å². The van der Waals surface area contributed by atoms with Crippen LogP contribution in [-0.4, -0.2) is 90.3 Å². The zero-order valence-electron chi connectivity index (χ0n) is 28.4. The average Bonchev–Trinajstić information content (AvgIpc) is 3.51. The van der Waals surface area contributed by atoms with Crippen LogP contribution in [0.3, 0.4) is 0 Å². The number of aliphatic hydroxyl groups excluding tert-OH is 1. The van der Waals surface area contributed by atoms with E-state index in [2.05, 4.69) is 24.1 Å². The van der Waals surface area contributed by atoms with Gasteiger partial charge in [0.2, 0.25) is 11.8 Å². The maximum Gasteiger partial charge on any atom is 0.306 e. The van der Waals surface area contributed by atoms with Crippen LogP contribution in [0.2, 0.25) is 0 Å². The van der Waals surface area contributed by atoms with Crippen molar-refractivity contribution in [2.45, 2.75) is 69.9 Å². The lowest BCUT2D eigenvalue weighted by molar-refractivity contribution is -0.146. The summed E-state index contributed by atoms with van der Waals surface area (Å²) >= 11 is 0. The second-order valence-corrected chi connectivity index (χ2v) is 13.0. The number of nitrogens with zero attached hydrogens (tertiary/aromatic N) is 3. The number of aliphatic hydroxyl groups is 1. The number of nitrogens with one attached hydrogen (secondary N) is 1. The van der Waals surface area contributed by atoms with Crippen molar-refractivity contribution in [1.29, 1.82) is 0 Å². The maximum atomic E-state index is 14.8. The molecule has 260 valence electrons. The molecule has 6 rings (SSSR count). The van der Waals surface area contributed by atoms with Gasteiger partial charge in [-0.1, -0.05) is 61.6 Å². The number of ether oxygens (including phenoxy) is 2. The second kappa shape index (κ2) is 14.6. The van der Waals surface area contributed by atoms with Crippen molar-refractivity contribution in [2.24, 2.45) is 11.8 Å². The highest BCUT2D eigenvalue weighted by molar-refractivity contribution is 6.06. The molecule has 4 aliphatic rings. The minimum atomic E-state index is -1.47. The highest BCUT2D eigenvalue weighted by Gasteiger charge is 2.72. The van der Waals surface area contributed by atoms with E-state index in [1.807, 2.05) is 67.6 Å². The smallest absolute Gasteiger partial charge is 0.306 e. The molecule has 0 aliphatic carbocycles. The summed E-state index contributed by atoms with van der Waals surface area (Å²) in [6.45, 7) is 7.55. The van der Waals surface area contributed by atoms with Crippen LogP contribution in [-0.2, 0) is 28.7 Å². The molecule has 3 amide bonds. The lowest BCUT2D eigenvalue weighted by Gasteiger charge is -2.38. The Morgan fingerprint density at radius 3 is 2.39 bits per heavy atom. The molecule has 0 aromatic heterocycles. The minimum absolute atomic E-state index is 0.0715. The van der Waals surface area contributed by atoms with Crippen LogP contribution in [0.25, 0.3) is 0 Å². The molecule has 0 saturated carbocycles. The van der Waals surface area contributed by atoms with Gasteiger partial charge < -0.3 is 34.6 Å². The minimum Gasteiger partial charge on any atom is -0.463 e. The van der Waals surface area contributed by atoms with Crippen LogP contribution in [0.5, 0.6) is 0 Å². The second-order valence-electron chi connectivity index (χ2n) is 13.0. The number of fused-ring (bicyclic) bond motifs is 2. The van der Waals surface area contributed by atoms with E-state index in [9.17, 15) is 24.3 Å². The van der Waals surface area contributed by atoms with Crippen molar-refractivity contribution in [2.75, 3.05) is 42.6 Å². The molecule has 7 atom stereocenters. The molecule has 2 saturated heterocycles. The Hall–Kier alpha value is -4.48. The summed E-state index contributed by atoms with van der Waals surface area (Å²) in [4.78, 5) is 61.8. The van der Waals surface area contributed by atoms with Crippen LogP contribution in [0.1, 0.15) is 51.6 Å². The average molecular weight is 671 g/mol. The number of anilines is 2. The number of likely N-dealkylation sites (tertiary alicyclic amines) is 1. The Morgan fingerprint density at radius 1 is 0.980 bits per heavy atom. The van der Waals surface area contributed by atoms with E-state index in [1.165, 1.54) is 4.90 Å². The van der Waals surface area contributed by atoms with Crippen LogP contribution in [0.4, 0.5) is 11.4 Å². The van der Waals surface area contributed by atoms with Gasteiger partial charge in [0.05, 0.1) is 36.6 Å². The van der Waals surface area contributed by atoms with Crippen molar-refractivity contribution in [1.82, 2.24) is 10.2 Å². The Labute approximate surface area is 287 Å². The molecular formula is C38H46N4O7. The number of rotatable bonds is 8. The van der Waals surface area contributed by atoms with Crippen LogP contribution < -0.4 is 15.1 Å². The van der Waals surface area contributed by atoms with E-state index < -0.39 is 53.5 Å². The summed E-state index contributed by atoms with van der Waals surface area (Å²) in [5.74, 6) is -3.62. The van der Waals surface area contributed by atoms with E-state index in [1.54, 1.807) is 23.1 Å². The number of hydrogen-bond acceptors (Lipinski definition) is 8. The van der Waals surface area contributed by atoms with E-state index in [-0.39, 0.29) is 38.1 Å². The lowest BCUT2D eigenvalue weighted by atomic mass is 9.77. The first-order chi connectivity index (χ1) is 23.8. The monoisotopic (exact) mass is 670 g/mol. The van der Waals surface area contributed by atoms with Gasteiger partial charge in [0, 0.05) is 37.4 Å². The fourth-order valence-electron chi connectivity index (χ4n) is 7.85. The summed E-state index contributed by atoms with van der Waals surface area (Å²) in [5, 5.41) is 13.5. The number of allylic oxidation sites excluding steroid dienone is 1. The topological polar surface area (TPSA) is 129 Å². The van der Waals surface area contributed by atoms with E-state index >= 15 is 0 Å². The van der Waals surface area contributed by atoms with Gasteiger partial charge in [-0.2, -0.15) is 0 Å². The summed E-state index contributed by atoms with van der Waals surface area (Å²) in [5.41, 5.74) is 0.989. The first-order valence-corrected chi connectivity index (χ1v) is 17.4. The zero-order chi connectivity index (χ0) is 34.7. The summed E-state index contributed by atoms with van der Waals surface area (Å²) in [7, 11) is 0. The molecular weight excluding hydrogens is 624 g/mol. The van der Waals surface area contributed by atoms with Crippen molar-refractivity contribution < 1.29 is 33.8 Å². The molecule has 11 heteroatoms. The predicted molar refractivity (Wildman–Crippen MR) is 185 cm³/mol. The molecule has 0 unspecified atom stereocenters. The Kier molecular flexibility index (Phi) is 10.2. The normalized spacial score (nSPS) is 29.8. The highest BCUT2D eigenvalue weighted by atomic mass is 16.5. The summed E-state index contributed by atoms with van der Waals surface area (Å²) in [6.07, 6.45) is 7.19. The van der Waals surface area contributed by atoms with E-state index in [0.717, 1.165) is 24.3 Å². The molecule has 0 radical (unpaired) electrons.